The molecule has 0 heterocycles. The van der Waals surface area contributed by atoms with Gasteiger partial charge in [0.25, 0.3) is 0 Å². The Morgan fingerprint density at radius 1 is 1.36 bits per heavy atom. The largest absolute Gasteiger partial charge is 0.227 e. The standard InChI is InChI=1S/C10H9ClO2S/c1-2-7-14(12,13)8-9-5-3-4-6-10(9)11/h1,3-6H,7-8H2. The van der Waals surface area contributed by atoms with E-state index >= 15 is 0 Å². The van der Waals surface area contributed by atoms with Gasteiger partial charge in [-0.2, -0.15) is 0 Å². The van der Waals surface area contributed by atoms with Crippen molar-refractivity contribution in [3.63, 3.8) is 0 Å². The Labute approximate surface area is 88.8 Å². The molecule has 0 unspecified atom stereocenters. The molecule has 0 saturated carbocycles. The highest BCUT2D eigenvalue weighted by Gasteiger charge is 2.11. The molecule has 0 amide bonds. The van der Waals surface area contributed by atoms with Crippen molar-refractivity contribution in [3.05, 3.63) is 34.9 Å². The summed E-state index contributed by atoms with van der Waals surface area (Å²) in [5.74, 6) is 1.76. The topological polar surface area (TPSA) is 34.1 Å². The van der Waals surface area contributed by atoms with E-state index in [9.17, 15) is 8.42 Å². The Kier molecular flexibility index (Phi) is 3.56. The van der Waals surface area contributed by atoms with E-state index in [0.29, 0.717) is 10.6 Å². The first kappa shape index (κ1) is 11.1. The number of halogens is 1. The normalized spacial score (nSPS) is 10.9. The summed E-state index contributed by atoms with van der Waals surface area (Å²) in [6, 6.07) is 6.82. The van der Waals surface area contributed by atoms with Gasteiger partial charge in [-0.1, -0.05) is 35.7 Å². The molecule has 1 aromatic carbocycles. The van der Waals surface area contributed by atoms with E-state index < -0.39 is 9.84 Å². The molecule has 0 saturated heterocycles. The molecule has 74 valence electrons. The Hall–Kier alpha value is -0.980. The highest BCUT2D eigenvalue weighted by molar-refractivity contribution is 7.90. The SMILES string of the molecule is C#CCS(=O)(=O)Cc1ccccc1Cl. The quantitative estimate of drug-likeness (QED) is 0.741. The van der Waals surface area contributed by atoms with E-state index in [1.807, 2.05) is 0 Å². The van der Waals surface area contributed by atoms with Gasteiger partial charge in [0, 0.05) is 5.02 Å². The molecule has 0 spiro atoms. The van der Waals surface area contributed by atoms with Gasteiger partial charge in [-0.15, -0.1) is 6.42 Å². The predicted octanol–water partition coefficient (Wildman–Crippen LogP) is 1.89. The zero-order valence-electron chi connectivity index (χ0n) is 7.40. The van der Waals surface area contributed by atoms with Crippen LogP contribution in [0.5, 0.6) is 0 Å². The molecule has 0 bridgehead atoms. The lowest BCUT2D eigenvalue weighted by Gasteiger charge is -2.02. The van der Waals surface area contributed by atoms with E-state index in [2.05, 4.69) is 5.92 Å². The number of sulfone groups is 1. The van der Waals surface area contributed by atoms with Crippen molar-refractivity contribution in [2.45, 2.75) is 5.75 Å². The summed E-state index contributed by atoms with van der Waals surface area (Å²) in [5.41, 5.74) is 0.587. The second kappa shape index (κ2) is 4.50. The number of terminal acetylenes is 1. The van der Waals surface area contributed by atoms with Gasteiger partial charge in [0.2, 0.25) is 0 Å². The summed E-state index contributed by atoms with van der Waals surface area (Å²) in [6.07, 6.45) is 4.94. The van der Waals surface area contributed by atoms with Crippen molar-refractivity contribution < 1.29 is 8.42 Å². The van der Waals surface area contributed by atoms with Gasteiger partial charge in [0.1, 0.15) is 5.75 Å². The maximum Gasteiger partial charge on any atom is 0.165 e. The lowest BCUT2D eigenvalue weighted by molar-refractivity contribution is 0.598. The van der Waals surface area contributed by atoms with Gasteiger partial charge < -0.3 is 0 Å². The Morgan fingerprint density at radius 3 is 2.57 bits per heavy atom. The number of rotatable bonds is 3. The van der Waals surface area contributed by atoms with E-state index in [1.165, 1.54) is 0 Å². The van der Waals surface area contributed by atoms with Gasteiger partial charge >= 0.3 is 0 Å². The van der Waals surface area contributed by atoms with Crippen LogP contribution in [-0.4, -0.2) is 14.2 Å². The molecule has 14 heavy (non-hydrogen) atoms. The lowest BCUT2D eigenvalue weighted by atomic mass is 10.2. The second-order valence-corrected chi connectivity index (χ2v) is 5.30. The summed E-state index contributed by atoms with van der Waals surface area (Å²) in [6.45, 7) is 0. The Balaban J connectivity index is 2.91. The first-order valence-electron chi connectivity index (χ1n) is 3.92. The van der Waals surface area contributed by atoms with E-state index in [0.717, 1.165) is 0 Å². The minimum Gasteiger partial charge on any atom is -0.227 e. The highest BCUT2D eigenvalue weighted by Crippen LogP contribution is 2.17. The van der Waals surface area contributed by atoms with E-state index in [1.54, 1.807) is 24.3 Å². The molecule has 0 atom stereocenters. The van der Waals surface area contributed by atoms with E-state index in [4.69, 9.17) is 18.0 Å². The maximum atomic E-state index is 11.4. The van der Waals surface area contributed by atoms with Gasteiger partial charge in [0.15, 0.2) is 9.84 Å². The summed E-state index contributed by atoms with van der Waals surface area (Å²) in [5, 5.41) is 0.452. The number of hydrogen-bond donors (Lipinski definition) is 0. The Morgan fingerprint density at radius 2 is 2.00 bits per heavy atom. The van der Waals surface area contributed by atoms with Gasteiger partial charge in [-0.25, -0.2) is 8.42 Å². The number of benzene rings is 1. The Bertz CT molecular complexity index is 457. The average molecular weight is 229 g/mol. The van der Waals surface area contributed by atoms with Crippen molar-refractivity contribution in [3.8, 4) is 12.3 Å². The van der Waals surface area contributed by atoms with Crippen LogP contribution in [0.4, 0.5) is 0 Å². The smallest absolute Gasteiger partial charge is 0.165 e. The third-order valence-electron chi connectivity index (χ3n) is 1.64. The minimum absolute atomic E-state index is 0.100. The molecule has 1 rings (SSSR count). The number of hydrogen-bond acceptors (Lipinski definition) is 2. The molecule has 0 radical (unpaired) electrons. The van der Waals surface area contributed by atoms with Crippen LogP contribution >= 0.6 is 11.6 Å². The fourth-order valence-electron chi connectivity index (χ4n) is 1.03. The molecule has 4 heteroatoms. The summed E-state index contributed by atoms with van der Waals surface area (Å²) in [4.78, 5) is 0. The van der Waals surface area contributed by atoms with Crippen LogP contribution in [0, 0.1) is 12.3 Å². The van der Waals surface area contributed by atoms with Crippen molar-refractivity contribution in [2.24, 2.45) is 0 Å². The summed E-state index contributed by atoms with van der Waals surface area (Å²) in [7, 11) is -3.23. The first-order valence-corrected chi connectivity index (χ1v) is 6.12. The summed E-state index contributed by atoms with van der Waals surface area (Å²) >= 11 is 5.81. The molecule has 0 aliphatic heterocycles. The van der Waals surface area contributed by atoms with Crippen LogP contribution < -0.4 is 0 Å². The van der Waals surface area contributed by atoms with E-state index in [-0.39, 0.29) is 11.5 Å². The van der Waals surface area contributed by atoms with Crippen LogP contribution in [0.2, 0.25) is 5.02 Å². The first-order chi connectivity index (χ1) is 6.55. The van der Waals surface area contributed by atoms with Gasteiger partial charge in [-0.05, 0) is 11.6 Å². The van der Waals surface area contributed by atoms with Crippen molar-refractivity contribution in [2.75, 3.05) is 5.75 Å². The second-order valence-electron chi connectivity index (χ2n) is 2.83. The summed E-state index contributed by atoms with van der Waals surface area (Å²) < 4.78 is 22.7. The molecule has 0 N–H and O–H groups in total. The molecular formula is C10H9ClO2S. The van der Waals surface area contributed by atoms with Crippen LogP contribution in [0.15, 0.2) is 24.3 Å². The monoisotopic (exact) mass is 228 g/mol. The predicted molar refractivity (Wildman–Crippen MR) is 57.8 cm³/mol. The molecule has 1 aromatic rings. The zero-order valence-corrected chi connectivity index (χ0v) is 8.98. The average Bonchev–Trinajstić information content (AvgIpc) is 2.08. The third kappa shape index (κ3) is 3.06. The van der Waals surface area contributed by atoms with Crippen LogP contribution in [0.25, 0.3) is 0 Å². The van der Waals surface area contributed by atoms with Crippen LogP contribution in [-0.2, 0) is 15.6 Å². The molecular weight excluding hydrogens is 220 g/mol. The maximum absolute atomic E-state index is 11.4. The van der Waals surface area contributed by atoms with Gasteiger partial charge in [-0.3, -0.25) is 0 Å². The van der Waals surface area contributed by atoms with Crippen molar-refractivity contribution >= 4 is 21.4 Å². The fraction of sp³-hybridized carbons (Fsp3) is 0.200. The molecule has 0 fully saturated rings. The molecule has 0 aliphatic carbocycles. The fourth-order valence-corrected chi connectivity index (χ4v) is 2.39. The highest BCUT2D eigenvalue weighted by atomic mass is 35.5. The molecule has 0 aromatic heterocycles. The zero-order chi connectivity index (χ0) is 10.6. The van der Waals surface area contributed by atoms with Crippen molar-refractivity contribution in [1.82, 2.24) is 0 Å². The third-order valence-corrected chi connectivity index (χ3v) is 3.36. The van der Waals surface area contributed by atoms with Crippen LogP contribution in [0.3, 0.4) is 0 Å². The lowest BCUT2D eigenvalue weighted by Crippen LogP contribution is -2.07. The van der Waals surface area contributed by atoms with Gasteiger partial charge in [0.05, 0.1) is 5.75 Å². The minimum atomic E-state index is -3.23. The molecule has 0 aliphatic rings. The van der Waals surface area contributed by atoms with Crippen molar-refractivity contribution in [1.29, 1.82) is 0 Å². The van der Waals surface area contributed by atoms with Crippen LogP contribution in [0.1, 0.15) is 5.56 Å². The molecule has 2 nitrogen and oxygen atoms in total.